The van der Waals surface area contributed by atoms with Gasteiger partial charge >= 0.3 is 16.4 Å². The van der Waals surface area contributed by atoms with Crippen molar-refractivity contribution in [2.24, 2.45) is 0 Å². The first kappa shape index (κ1) is 66.3. The number of allylic oxidation sites excluding steroid dienone is 22. The Morgan fingerprint density at radius 1 is 0.528 bits per heavy atom. The van der Waals surface area contributed by atoms with Crippen LogP contribution in [0.4, 0.5) is 0 Å². The van der Waals surface area contributed by atoms with Crippen LogP contribution in [0, 0.1) is 0 Å². The topological polar surface area (TPSA) is 178 Å². The first-order valence-electron chi connectivity index (χ1n) is 26.9. The van der Waals surface area contributed by atoms with Crippen LogP contribution in [-0.4, -0.2) is 97.5 Å². The molecule has 0 spiro atoms. The van der Waals surface area contributed by atoms with Crippen LogP contribution in [0.15, 0.2) is 134 Å². The molecule has 13 heteroatoms. The normalized spacial score (nSPS) is 20.0. The molecule has 0 saturated carbocycles. The molecule has 0 aromatic heterocycles. The standard InChI is InChI=1S/C59H94O12S/c1-3-5-7-9-11-13-15-17-19-21-23-25-27-28-30-32-34-36-38-40-42-44-46-48-55(61)69-53(52-68-59-57(63)58(71-72(64,65)66)56(62)54(50-60)70-59)51-67-49-47-45-43-41-39-37-35-33-31-29-26-24-22-20-18-16-14-12-10-8-6-4-2/h5-8,11-14,17-20,23-26,28,30-31,33-34,36,53-54,56-60,62-63H,3-4,9-10,15-16,21-22,27,29,32,35,37-52H2,1-2H3,(H,64,65,66)/b7-5-,8-6-,13-11-,14-12-,19-17-,20-18-,25-23-,26-24-,30-28-,33-31-,36-34-. The highest BCUT2D eigenvalue weighted by atomic mass is 32.3. The monoisotopic (exact) mass is 1030 g/mol. The van der Waals surface area contributed by atoms with Crippen LogP contribution in [-0.2, 0) is 38.3 Å². The van der Waals surface area contributed by atoms with Crippen molar-refractivity contribution in [3.8, 4) is 0 Å². The van der Waals surface area contributed by atoms with Crippen LogP contribution in [0.1, 0.15) is 168 Å². The average Bonchev–Trinajstić information content (AvgIpc) is 3.36. The van der Waals surface area contributed by atoms with Gasteiger partial charge in [0, 0.05) is 13.0 Å². The second-order valence-corrected chi connectivity index (χ2v) is 18.7. The van der Waals surface area contributed by atoms with E-state index in [4.69, 9.17) is 18.9 Å². The van der Waals surface area contributed by atoms with E-state index in [0.29, 0.717) is 13.0 Å². The van der Waals surface area contributed by atoms with Gasteiger partial charge in [-0.1, -0.05) is 186 Å². The molecule has 1 aliphatic rings. The van der Waals surface area contributed by atoms with Gasteiger partial charge in [-0.25, -0.2) is 4.18 Å². The molecule has 1 rings (SSSR count). The van der Waals surface area contributed by atoms with Crippen LogP contribution in [0.5, 0.6) is 0 Å². The Balaban J connectivity index is 2.40. The molecule has 408 valence electrons. The molecule has 6 unspecified atom stereocenters. The molecular weight excluding hydrogens is 933 g/mol. The fraction of sp³-hybridized carbons (Fsp3) is 0.610. The van der Waals surface area contributed by atoms with Gasteiger partial charge in [0.15, 0.2) is 6.29 Å². The predicted molar refractivity (Wildman–Crippen MR) is 294 cm³/mol. The lowest BCUT2D eigenvalue weighted by molar-refractivity contribution is -0.301. The fourth-order valence-corrected chi connectivity index (χ4v) is 7.80. The van der Waals surface area contributed by atoms with Gasteiger partial charge in [0.1, 0.15) is 30.5 Å². The molecule has 4 N–H and O–H groups in total. The summed E-state index contributed by atoms with van der Waals surface area (Å²) < 4.78 is 59.3. The van der Waals surface area contributed by atoms with Gasteiger partial charge in [0.25, 0.3) is 0 Å². The van der Waals surface area contributed by atoms with E-state index >= 15 is 0 Å². The molecule has 1 fully saturated rings. The fourth-order valence-electron chi connectivity index (χ4n) is 7.29. The molecule has 6 atom stereocenters. The van der Waals surface area contributed by atoms with Crippen molar-refractivity contribution in [1.82, 2.24) is 0 Å². The summed E-state index contributed by atoms with van der Waals surface area (Å²) in [6.07, 6.45) is 61.9. The summed E-state index contributed by atoms with van der Waals surface area (Å²) in [6, 6.07) is 0. The van der Waals surface area contributed by atoms with E-state index in [9.17, 15) is 33.1 Å². The number of carbonyl (C=O) groups excluding carboxylic acids is 1. The second kappa shape index (κ2) is 48.2. The lowest BCUT2D eigenvalue weighted by Gasteiger charge is -2.41. The molecule has 1 heterocycles. The van der Waals surface area contributed by atoms with E-state index in [0.717, 1.165) is 141 Å². The maximum atomic E-state index is 12.9. The highest BCUT2D eigenvalue weighted by molar-refractivity contribution is 7.80. The third-order valence-corrected chi connectivity index (χ3v) is 11.7. The highest BCUT2D eigenvalue weighted by Crippen LogP contribution is 2.26. The summed E-state index contributed by atoms with van der Waals surface area (Å²) in [4.78, 5) is 12.9. The van der Waals surface area contributed by atoms with Crippen LogP contribution in [0.2, 0.25) is 0 Å². The van der Waals surface area contributed by atoms with Gasteiger partial charge in [-0.2, -0.15) is 8.42 Å². The van der Waals surface area contributed by atoms with Crippen molar-refractivity contribution in [3.05, 3.63) is 134 Å². The minimum atomic E-state index is -5.08. The Bertz CT molecular complexity index is 1760. The van der Waals surface area contributed by atoms with E-state index in [-0.39, 0.29) is 19.6 Å². The van der Waals surface area contributed by atoms with E-state index in [1.54, 1.807) is 0 Å². The van der Waals surface area contributed by atoms with Crippen molar-refractivity contribution in [2.75, 3.05) is 26.4 Å². The molecule has 0 radical (unpaired) electrons. The van der Waals surface area contributed by atoms with Gasteiger partial charge < -0.3 is 34.3 Å². The average molecular weight is 1030 g/mol. The number of hydrogen-bond acceptors (Lipinski definition) is 11. The maximum absolute atomic E-state index is 12.9. The highest BCUT2D eigenvalue weighted by Gasteiger charge is 2.48. The number of esters is 1. The summed E-state index contributed by atoms with van der Waals surface area (Å²) in [5, 5.41) is 30.8. The first-order chi connectivity index (χ1) is 35.1. The third kappa shape index (κ3) is 40.7. The van der Waals surface area contributed by atoms with Gasteiger partial charge in [-0.05, 0) is 109 Å². The molecule has 0 aromatic rings. The molecule has 0 bridgehead atoms. The number of aliphatic hydroxyl groups is 3. The first-order valence-corrected chi connectivity index (χ1v) is 28.3. The van der Waals surface area contributed by atoms with E-state index in [2.05, 4.69) is 152 Å². The Morgan fingerprint density at radius 2 is 0.917 bits per heavy atom. The van der Waals surface area contributed by atoms with E-state index < -0.39 is 59.8 Å². The van der Waals surface area contributed by atoms with Gasteiger partial charge in [0.2, 0.25) is 0 Å². The third-order valence-electron chi connectivity index (χ3n) is 11.3. The number of rotatable bonds is 45. The molecule has 0 aromatic carbocycles. The minimum Gasteiger partial charge on any atom is -0.457 e. The summed E-state index contributed by atoms with van der Waals surface area (Å²) in [7, 11) is -5.08. The predicted octanol–water partition coefficient (Wildman–Crippen LogP) is 13.1. The zero-order valence-electron chi connectivity index (χ0n) is 43.9. The molecule has 0 aliphatic carbocycles. The molecule has 1 aliphatic heterocycles. The number of carbonyl (C=O) groups is 1. The molecule has 1 saturated heterocycles. The zero-order valence-corrected chi connectivity index (χ0v) is 44.7. The zero-order chi connectivity index (χ0) is 52.4. The number of ether oxygens (including phenoxy) is 4. The lowest BCUT2D eigenvalue weighted by atomic mass is 9.99. The lowest BCUT2D eigenvalue weighted by Crippen LogP contribution is -2.60. The molecule has 0 amide bonds. The van der Waals surface area contributed by atoms with E-state index in [1.165, 1.54) is 0 Å². The Kier molecular flexibility index (Phi) is 44.4. The van der Waals surface area contributed by atoms with Crippen LogP contribution < -0.4 is 0 Å². The van der Waals surface area contributed by atoms with Crippen LogP contribution >= 0.6 is 0 Å². The molecule has 72 heavy (non-hydrogen) atoms. The quantitative estimate of drug-likeness (QED) is 0.0197. The SMILES string of the molecule is CC/C=C\C/C=C\C/C=C\C/C=C\C/C=C\C/C=C\CCCCCCC(=O)OC(COCCCCCCCC/C=C\C/C=C\C/C=C\C/C=C\C/C=C\CC)COC1OC(CO)C(O)C(OS(=O)(=O)O)C1O. The maximum Gasteiger partial charge on any atom is 0.397 e. The number of unbranched alkanes of at least 4 members (excludes halogenated alkanes) is 10. The number of hydrogen-bond donors (Lipinski definition) is 4. The van der Waals surface area contributed by atoms with Gasteiger partial charge in [-0.3, -0.25) is 9.35 Å². The van der Waals surface area contributed by atoms with Crippen LogP contribution in [0.3, 0.4) is 0 Å². The summed E-state index contributed by atoms with van der Waals surface area (Å²) in [5.74, 6) is -0.435. The number of aliphatic hydroxyl groups excluding tert-OH is 3. The minimum absolute atomic E-state index is 0.00472. The summed E-state index contributed by atoms with van der Waals surface area (Å²) in [5.41, 5.74) is 0. The molecular formula is C59H94O12S. The van der Waals surface area contributed by atoms with Crippen molar-refractivity contribution in [1.29, 1.82) is 0 Å². The smallest absolute Gasteiger partial charge is 0.397 e. The van der Waals surface area contributed by atoms with Crippen molar-refractivity contribution in [2.45, 2.75) is 205 Å². The van der Waals surface area contributed by atoms with Gasteiger partial charge in [0.05, 0.1) is 19.8 Å². The molecule has 12 nitrogen and oxygen atoms in total. The summed E-state index contributed by atoms with van der Waals surface area (Å²) in [6.45, 7) is 3.67. The Labute approximate surface area is 435 Å². The summed E-state index contributed by atoms with van der Waals surface area (Å²) >= 11 is 0. The van der Waals surface area contributed by atoms with Crippen LogP contribution in [0.25, 0.3) is 0 Å². The Hall–Kier alpha value is -3.76. The van der Waals surface area contributed by atoms with Gasteiger partial charge in [-0.15, -0.1) is 0 Å². The second-order valence-electron chi connectivity index (χ2n) is 17.7. The Morgan fingerprint density at radius 3 is 1.33 bits per heavy atom. The van der Waals surface area contributed by atoms with E-state index in [1.807, 2.05) is 0 Å². The largest absolute Gasteiger partial charge is 0.457 e. The van der Waals surface area contributed by atoms with Crippen molar-refractivity contribution >= 4 is 16.4 Å². The van der Waals surface area contributed by atoms with Crippen molar-refractivity contribution < 1.29 is 56.2 Å². The van der Waals surface area contributed by atoms with Crippen molar-refractivity contribution in [3.63, 3.8) is 0 Å².